The lowest BCUT2D eigenvalue weighted by Gasteiger charge is -2.37. The molecule has 1 aliphatic carbocycles. The second-order valence-corrected chi connectivity index (χ2v) is 8.67. The van der Waals surface area contributed by atoms with Gasteiger partial charge in [-0.25, -0.2) is 24.3 Å². The van der Waals surface area contributed by atoms with Crippen LogP contribution in [0.1, 0.15) is 25.7 Å². The summed E-state index contributed by atoms with van der Waals surface area (Å²) in [6, 6.07) is 4.85. The van der Waals surface area contributed by atoms with Crippen LogP contribution in [0.3, 0.4) is 0 Å². The van der Waals surface area contributed by atoms with Crippen LogP contribution in [0.15, 0.2) is 30.7 Å². The SMILES string of the molecule is CN(CC(=O)O)[C@H]1CC[C@H](N(C)c2ncc3ncnc(Nc4ccc(F)c(Cl)c4)c3n2)CC1. The third-order valence-electron chi connectivity index (χ3n) is 6.08. The number of likely N-dealkylation sites (N-methyl/N-ethyl adjacent to an activating group) is 1. The van der Waals surface area contributed by atoms with Gasteiger partial charge in [-0.1, -0.05) is 11.6 Å². The maximum atomic E-state index is 13.5. The van der Waals surface area contributed by atoms with Gasteiger partial charge in [0, 0.05) is 24.8 Å². The Morgan fingerprint density at radius 1 is 1.18 bits per heavy atom. The second-order valence-electron chi connectivity index (χ2n) is 8.26. The van der Waals surface area contributed by atoms with Crippen molar-refractivity contribution in [1.29, 1.82) is 0 Å². The summed E-state index contributed by atoms with van der Waals surface area (Å²) < 4.78 is 13.5. The van der Waals surface area contributed by atoms with Gasteiger partial charge >= 0.3 is 5.97 Å². The molecule has 11 heteroatoms. The van der Waals surface area contributed by atoms with E-state index < -0.39 is 11.8 Å². The number of nitrogens with zero attached hydrogens (tertiary/aromatic N) is 6. The molecule has 2 aromatic heterocycles. The molecule has 2 heterocycles. The molecule has 9 nitrogen and oxygen atoms in total. The predicted molar refractivity (Wildman–Crippen MR) is 125 cm³/mol. The largest absolute Gasteiger partial charge is 0.480 e. The monoisotopic (exact) mass is 473 g/mol. The number of carboxylic acid groups (broad SMARTS) is 1. The Labute approximate surface area is 195 Å². The highest BCUT2D eigenvalue weighted by molar-refractivity contribution is 6.31. The van der Waals surface area contributed by atoms with E-state index in [1.54, 1.807) is 12.3 Å². The van der Waals surface area contributed by atoms with Crippen molar-refractivity contribution in [3.63, 3.8) is 0 Å². The lowest BCUT2D eigenvalue weighted by molar-refractivity contribution is -0.138. The molecule has 0 spiro atoms. The summed E-state index contributed by atoms with van der Waals surface area (Å²) in [5, 5.41) is 12.2. The van der Waals surface area contributed by atoms with Crippen molar-refractivity contribution in [2.24, 2.45) is 0 Å². The molecule has 174 valence electrons. The number of carbonyl (C=O) groups is 1. The number of fused-ring (bicyclic) bond motifs is 1. The molecular weight excluding hydrogens is 449 g/mol. The molecule has 2 N–H and O–H groups in total. The number of rotatable bonds is 7. The van der Waals surface area contributed by atoms with E-state index in [4.69, 9.17) is 21.7 Å². The summed E-state index contributed by atoms with van der Waals surface area (Å²) in [4.78, 5) is 32.7. The molecule has 1 fully saturated rings. The number of benzene rings is 1. The molecule has 1 aromatic carbocycles. The first-order chi connectivity index (χ1) is 15.8. The van der Waals surface area contributed by atoms with Crippen molar-refractivity contribution in [2.45, 2.75) is 37.8 Å². The van der Waals surface area contributed by atoms with Crippen molar-refractivity contribution in [3.8, 4) is 0 Å². The number of anilines is 3. The highest BCUT2D eigenvalue weighted by atomic mass is 35.5. The van der Waals surface area contributed by atoms with E-state index in [1.807, 2.05) is 19.0 Å². The topological polar surface area (TPSA) is 107 Å². The van der Waals surface area contributed by atoms with Crippen molar-refractivity contribution < 1.29 is 14.3 Å². The fourth-order valence-corrected chi connectivity index (χ4v) is 4.39. The van der Waals surface area contributed by atoms with Gasteiger partial charge in [-0.15, -0.1) is 0 Å². The van der Waals surface area contributed by atoms with Crippen molar-refractivity contribution in [2.75, 3.05) is 30.9 Å². The summed E-state index contributed by atoms with van der Waals surface area (Å²) in [6.45, 7) is 0.0496. The van der Waals surface area contributed by atoms with Gasteiger partial charge in [0.15, 0.2) is 5.82 Å². The van der Waals surface area contributed by atoms with Crippen LogP contribution >= 0.6 is 11.6 Å². The molecule has 1 aliphatic rings. The van der Waals surface area contributed by atoms with E-state index in [-0.39, 0.29) is 23.7 Å². The van der Waals surface area contributed by atoms with Crippen LogP contribution in [0.5, 0.6) is 0 Å². The average molecular weight is 474 g/mol. The summed E-state index contributed by atoms with van der Waals surface area (Å²) in [7, 11) is 3.82. The zero-order valence-electron chi connectivity index (χ0n) is 18.4. The van der Waals surface area contributed by atoms with Gasteiger partial charge < -0.3 is 15.3 Å². The molecule has 33 heavy (non-hydrogen) atoms. The minimum Gasteiger partial charge on any atom is -0.480 e. The van der Waals surface area contributed by atoms with E-state index >= 15 is 0 Å². The Balaban J connectivity index is 1.51. The van der Waals surface area contributed by atoms with Gasteiger partial charge in [0.05, 0.1) is 17.8 Å². The van der Waals surface area contributed by atoms with Crippen LogP contribution in [-0.2, 0) is 4.79 Å². The van der Waals surface area contributed by atoms with Crippen LogP contribution in [-0.4, -0.2) is 68.6 Å². The third kappa shape index (κ3) is 5.28. The Hall–Kier alpha value is -3.11. The predicted octanol–water partition coefficient (Wildman–Crippen LogP) is 3.72. The van der Waals surface area contributed by atoms with E-state index in [1.165, 1.54) is 18.5 Å². The van der Waals surface area contributed by atoms with E-state index in [9.17, 15) is 9.18 Å². The fourth-order valence-electron chi connectivity index (χ4n) is 4.21. The van der Waals surface area contributed by atoms with Crippen LogP contribution in [0.4, 0.5) is 21.8 Å². The zero-order valence-corrected chi connectivity index (χ0v) is 19.1. The van der Waals surface area contributed by atoms with E-state index in [0.717, 1.165) is 25.7 Å². The van der Waals surface area contributed by atoms with Crippen LogP contribution in [0.2, 0.25) is 5.02 Å². The minimum absolute atomic E-state index is 0.0120. The molecule has 0 radical (unpaired) electrons. The van der Waals surface area contributed by atoms with E-state index in [2.05, 4.69) is 25.2 Å². The normalized spacial score (nSPS) is 18.5. The average Bonchev–Trinajstić information content (AvgIpc) is 2.80. The number of halogens is 2. The van der Waals surface area contributed by atoms with E-state index in [0.29, 0.717) is 28.5 Å². The number of aliphatic carboxylic acids is 1. The van der Waals surface area contributed by atoms with Crippen molar-refractivity contribution in [3.05, 3.63) is 41.6 Å². The van der Waals surface area contributed by atoms with Crippen LogP contribution < -0.4 is 10.2 Å². The number of aromatic nitrogens is 4. The Morgan fingerprint density at radius 3 is 2.61 bits per heavy atom. The zero-order chi connectivity index (χ0) is 23.5. The smallest absolute Gasteiger partial charge is 0.317 e. The Bertz CT molecular complexity index is 1160. The first-order valence-corrected chi connectivity index (χ1v) is 11.0. The fraction of sp³-hybridized carbons (Fsp3) is 0.409. The van der Waals surface area contributed by atoms with Gasteiger partial charge in [-0.05, 0) is 50.9 Å². The van der Waals surface area contributed by atoms with Crippen molar-refractivity contribution >= 4 is 46.1 Å². The molecule has 0 aliphatic heterocycles. The quantitative estimate of drug-likeness (QED) is 0.530. The number of hydrogen-bond donors (Lipinski definition) is 2. The number of hydrogen-bond acceptors (Lipinski definition) is 8. The molecule has 4 rings (SSSR count). The van der Waals surface area contributed by atoms with Gasteiger partial charge in [0.1, 0.15) is 23.2 Å². The molecule has 0 unspecified atom stereocenters. The van der Waals surface area contributed by atoms with Crippen molar-refractivity contribution in [1.82, 2.24) is 24.8 Å². The summed E-state index contributed by atoms with van der Waals surface area (Å²) in [5.41, 5.74) is 1.71. The minimum atomic E-state index is -0.809. The second kappa shape index (κ2) is 9.80. The Kier molecular flexibility index (Phi) is 6.85. The summed E-state index contributed by atoms with van der Waals surface area (Å²) in [5.74, 6) is -0.278. The van der Waals surface area contributed by atoms with Gasteiger partial charge in [-0.3, -0.25) is 9.69 Å². The number of carboxylic acids is 1. The van der Waals surface area contributed by atoms with Gasteiger partial charge in [0.25, 0.3) is 0 Å². The maximum Gasteiger partial charge on any atom is 0.317 e. The lowest BCUT2D eigenvalue weighted by Crippen LogP contribution is -2.43. The maximum absolute atomic E-state index is 13.5. The highest BCUT2D eigenvalue weighted by Crippen LogP contribution is 2.29. The summed E-state index contributed by atoms with van der Waals surface area (Å²) >= 11 is 5.89. The molecule has 1 saturated carbocycles. The van der Waals surface area contributed by atoms with Gasteiger partial charge in [0.2, 0.25) is 5.95 Å². The summed E-state index contributed by atoms with van der Waals surface area (Å²) in [6.07, 6.45) is 6.72. The molecule has 0 atom stereocenters. The van der Waals surface area contributed by atoms with Crippen LogP contribution in [0.25, 0.3) is 11.0 Å². The Morgan fingerprint density at radius 2 is 1.91 bits per heavy atom. The lowest BCUT2D eigenvalue weighted by atomic mass is 9.89. The molecule has 0 bridgehead atoms. The third-order valence-corrected chi connectivity index (χ3v) is 6.37. The number of nitrogens with one attached hydrogen (secondary N) is 1. The molecule has 0 amide bonds. The molecular formula is C22H25ClFN7O2. The first kappa shape index (κ1) is 23.1. The van der Waals surface area contributed by atoms with Gasteiger partial charge in [-0.2, -0.15) is 0 Å². The standard InChI is InChI=1S/C22H25ClFN7O2/c1-30(11-19(32)33)14-4-6-15(7-5-14)31(2)22-25-10-18-20(29-22)21(27-12-26-18)28-13-3-8-17(24)16(23)9-13/h3,8-10,12,14-15H,4-7,11H2,1-2H3,(H,32,33)(H,26,27,28)/t14-,15-. The first-order valence-electron chi connectivity index (χ1n) is 10.7. The van der Waals surface area contributed by atoms with Crippen LogP contribution in [0, 0.1) is 5.82 Å². The highest BCUT2D eigenvalue weighted by Gasteiger charge is 2.28. The molecule has 3 aromatic rings. The molecule has 0 saturated heterocycles.